The van der Waals surface area contributed by atoms with E-state index in [-0.39, 0.29) is 11.8 Å². The summed E-state index contributed by atoms with van der Waals surface area (Å²) < 4.78 is 5.31. The van der Waals surface area contributed by atoms with Crippen molar-refractivity contribution in [3.05, 3.63) is 0 Å². The molecule has 0 aromatic heterocycles. The molecule has 1 N–H and O–H groups in total. The van der Waals surface area contributed by atoms with E-state index in [1.165, 1.54) is 0 Å². The van der Waals surface area contributed by atoms with Gasteiger partial charge in [-0.1, -0.05) is 6.92 Å². The lowest BCUT2D eigenvalue weighted by atomic mass is 9.96. The van der Waals surface area contributed by atoms with Crippen LogP contribution in [0.4, 0.5) is 0 Å². The Balaban J connectivity index is 1.94. The van der Waals surface area contributed by atoms with Gasteiger partial charge in [-0.15, -0.1) is 0 Å². The number of nitrogens with zero attached hydrogens (tertiary/aromatic N) is 1. The van der Waals surface area contributed by atoms with Crippen molar-refractivity contribution < 1.29 is 9.53 Å². The maximum absolute atomic E-state index is 12.2. The van der Waals surface area contributed by atoms with Crippen LogP contribution in [-0.2, 0) is 9.53 Å². The Morgan fingerprint density at radius 1 is 1.47 bits per heavy atom. The highest BCUT2D eigenvalue weighted by molar-refractivity contribution is 5.79. The van der Waals surface area contributed by atoms with Gasteiger partial charge in [-0.3, -0.25) is 4.79 Å². The summed E-state index contributed by atoms with van der Waals surface area (Å²) in [6.07, 6.45) is 0.983. The number of ether oxygens (including phenoxy) is 1. The molecule has 4 nitrogen and oxygen atoms in total. The maximum Gasteiger partial charge on any atom is 0.227 e. The highest BCUT2D eigenvalue weighted by atomic mass is 16.5. The SMILES string of the molecule is CC1CNCC1C(=O)N(C)C1CCOC1. The molecule has 4 heteroatoms. The summed E-state index contributed by atoms with van der Waals surface area (Å²) in [5.41, 5.74) is 0. The summed E-state index contributed by atoms with van der Waals surface area (Å²) >= 11 is 0. The van der Waals surface area contributed by atoms with Crippen LogP contribution in [-0.4, -0.2) is 50.2 Å². The Hall–Kier alpha value is -0.610. The first-order valence-electron chi connectivity index (χ1n) is 5.75. The number of amides is 1. The molecule has 3 atom stereocenters. The lowest BCUT2D eigenvalue weighted by Gasteiger charge is -2.27. The van der Waals surface area contributed by atoms with Crippen LogP contribution in [0.3, 0.4) is 0 Å². The topological polar surface area (TPSA) is 41.6 Å². The summed E-state index contributed by atoms with van der Waals surface area (Å²) in [6.45, 7) is 5.43. The fourth-order valence-corrected chi connectivity index (χ4v) is 2.41. The third-order valence-corrected chi connectivity index (χ3v) is 3.64. The third kappa shape index (κ3) is 2.16. The molecule has 0 saturated carbocycles. The molecule has 15 heavy (non-hydrogen) atoms. The molecule has 0 aromatic carbocycles. The number of nitrogens with one attached hydrogen (secondary N) is 1. The van der Waals surface area contributed by atoms with Gasteiger partial charge in [0.2, 0.25) is 5.91 Å². The fraction of sp³-hybridized carbons (Fsp3) is 0.909. The van der Waals surface area contributed by atoms with E-state index in [2.05, 4.69) is 12.2 Å². The maximum atomic E-state index is 12.2. The molecule has 2 fully saturated rings. The quantitative estimate of drug-likeness (QED) is 0.705. The minimum Gasteiger partial charge on any atom is -0.379 e. The molecule has 2 aliphatic heterocycles. The molecule has 0 aromatic rings. The van der Waals surface area contributed by atoms with Crippen molar-refractivity contribution >= 4 is 5.91 Å². The minimum absolute atomic E-state index is 0.163. The molecule has 2 rings (SSSR count). The third-order valence-electron chi connectivity index (χ3n) is 3.64. The first-order valence-corrected chi connectivity index (χ1v) is 5.75. The zero-order valence-corrected chi connectivity index (χ0v) is 9.53. The average molecular weight is 212 g/mol. The number of carbonyl (C=O) groups is 1. The predicted octanol–water partition coefficient (Wildman–Crippen LogP) is 0.0892. The Labute approximate surface area is 91.0 Å². The Bertz CT molecular complexity index is 239. The Kier molecular flexibility index (Phi) is 3.26. The van der Waals surface area contributed by atoms with E-state index in [1.54, 1.807) is 0 Å². The van der Waals surface area contributed by atoms with E-state index in [1.807, 2.05) is 11.9 Å². The van der Waals surface area contributed by atoms with Gasteiger partial charge in [0.1, 0.15) is 0 Å². The smallest absolute Gasteiger partial charge is 0.227 e. The number of hydrogen-bond acceptors (Lipinski definition) is 3. The summed E-state index contributed by atoms with van der Waals surface area (Å²) in [4.78, 5) is 14.1. The number of carbonyl (C=O) groups excluding carboxylic acids is 1. The summed E-state index contributed by atoms with van der Waals surface area (Å²) in [7, 11) is 1.91. The monoisotopic (exact) mass is 212 g/mol. The van der Waals surface area contributed by atoms with E-state index >= 15 is 0 Å². The summed E-state index contributed by atoms with van der Waals surface area (Å²) in [5.74, 6) is 0.904. The van der Waals surface area contributed by atoms with Crippen LogP contribution >= 0.6 is 0 Å². The van der Waals surface area contributed by atoms with E-state index in [4.69, 9.17) is 4.74 Å². The van der Waals surface area contributed by atoms with Crippen LogP contribution in [0, 0.1) is 11.8 Å². The van der Waals surface area contributed by atoms with Crippen LogP contribution in [0.1, 0.15) is 13.3 Å². The first-order chi connectivity index (χ1) is 7.20. The molecule has 2 saturated heterocycles. The lowest BCUT2D eigenvalue weighted by molar-refractivity contribution is -0.136. The zero-order chi connectivity index (χ0) is 10.8. The summed E-state index contributed by atoms with van der Waals surface area (Å²) in [6, 6.07) is 0.297. The predicted molar refractivity (Wildman–Crippen MR) is 57.5 cm³/mol. The average Bonchev–Trinajstić information content (AvgIpc) is 2.85. The van der Waals surface area contributed by atoms with Crippen molar-refractivity contribution in [1.29, 1.82) is 0 Å². The van der Waals surface area contributed by atoms with Crippen molar-refractivity contribution in [2.45, 2.75) is 19.4 Å². The van der Waals surface area contributed by atoms with Crippen molar-refractivity contribution in [3.63, 3.8) is 0 Å². The van der Waals surface area contributed by atoms with E-state index < -0.39 is 0 Å². The van der Waals surface area contributed by atoms with Crippen LogP contribution in [0.5, 0.6) is 0 Å². The second-order valence-corrected chi connectivity index (χ2v) is 4.71. The zero-order valence-electron chi connectivity index (χ0n) is 9.53. The molecule has 0 spiro atoms. The fourth-order valence-electron chi connectivity index (χ4n) is 2.41. The second-order valence-electron chi connectivity index (χ2n) is 4.71. The van der Waals surface area contributed by atoms with Gasteiger partial charge >= 0.3 is 0 Å². The molecule has 1 amide bonds. The second kappa shape index (κ2) is 4.49. The molecule has 2 aliphatic rings. The highest BCUT2D eigenvalue weighted by Gasteiger charge is 2.34. The number of rotatable bonds is 2. The normalized spacial score (nSPS) is 35.7. The number of hydrogen-bond donors (Lipinski definition) is 1. The molecule has 2 heterocycles. The summed E-state index contributed by atoms with van der Waals surface area (Å²) in [5, 5.41) is 3.27. The molecule has 0 bridgehead atoms. The standard InChI is InChI=1S/C11H20N2O2/c1-8-5-12-6-10(8)11(14)13(2)9-3-4-15-7-9/h8-10,12H,3-7H2,1-2H3. The molecule has 0 radical (unpaired) electrons. The van der Waals surface area contributed by atoms with Gasteiger partial charge in [0, 0.05) is 20.2 Å². The minimum atomic E-state index is 0.163. The Morgan fingerprint density at radius 3 is 2.80 bits per heavy atom. The van der Waals surface area contributed by atoms with E-state index in [9.17, 15) is 4.79 Å². The van der Waals surface area contributed by atoms with Crippen molar-refractivity contribution in [2.75, 3.05) is 33.4 Å². The van der Waals surface area contributed by atoms with Crippen LogP contribution in [0.25, 0.3) is 0 Å². The van der Waals surface area contributed by atoms with Crippen LogP contribution < -0.4 is 5.32 Å². The van der Waals surface area contributed by atoms with Crippen LogP contribution in [0.15, 0.2) is 0 Å². The van der Waals surface area contributed by atoms with Gasteiger partial charge in [-0.25, -0.2) is 0 Å². The molecule has 86 valence electrons. The first kappa shape index (κ1) is 10.9. The molecule has 0 aliphatic carbocycles. The Morgan fingerprint density at radius 2 is 2.27 bits per heavy atom. The van der Waals surface area contributed by atoms with Gasteiger partial charge < -0.3 is 15.0 Å². The number of likely N-dealkylation sites (N-methyl/N-ethyl adjacent to an activating group) is 1. The molecule has 3 unspecified atom stereocenters. The van der Waals surface area contributed by atoms with Gasteiger partial charge in [0.05, 0.1) is 18.6 Å². The highest BCUT2D eigenvalue weighted by Crippen LogP contribution is 2.21. The van der Waals surface area contributed by atoms with Gasteiger partial charge in [0.25, 0.3) is 0 Å². The van der Waals surface area contributed by atoms with Crippen molar-refractivity contribution in [2.24, 2.45) is 11.8 Å². The van der Waals surface area contributed by atoms with E-state index in [0.717, 1.165) is 26.1 Å². The molecular formula is C11H20N2O2. The van der Waals surface area contributed by atoms with Crippen molar-refractivity contribution in [3.8, 4) is 0 Å². The molecular weight excluding hydrogens is 192 g/mol. The van der Waals surface area contributed by atoms with Crippen molar-refractivity contribution in [1.82, 2.24) is 10.2 Å². The van der Waals surface area contributed by atoms with Gasteiger partial charge in [0.15, 0.2) is 0 Å². The van der Waals surface area contributed by atoms with E-state index in [0.29, 0.717) is 18.6 Å². The van der Waals surface area contributed by atoms with Crippen LogP contribution in [0.2, 0.25) is 0 Å². The lowest BCUT2D eigenvalue weighted by Crippen LogP contribution is -2.42. The largest absolute Gasteiger partial charge is 0.379 e. The van der Waals surface area contributed by atoms with Gasteiger partial charge in [-0.05, 0) is 18.9 Å². The van der Waals surface area contributed by atoms with Gasteiger partial charge in [-0.2, -0.15) is 0 Å².